The Bertz CT molecular complexity index is 764. The van der Waals surface area contributed by atoms with E-state index < -0.39 is 23.3 Å². The van der Waals surface area contributed by atoms with Crippen molar-refractivity contribution in [2.24, 2.45) is 0 Å². The van der Waals surface area contributed by atoms with Gasteiger partial charge >= 0.3 is 6.09 Å². The van der Waals surface area contributed by atoms with Crippen LogP contribution in [0.15, 0.2) is 24.3 Å². The Morgan fingerprint density at radius 1 is 1.03 bits per heavy atom. The molecule has 0 aliphatic rings. The van der Waals surface area contributed by atoms with Crippen LogP contribution in [-0.2, 0) is 14.3 Å². The van der Waals surface area contributed by atoms with Gasteiger partial charge in [0.15, 0.2) is 0 Å². The standard InChI is InChI=1S/C24H39N3O4/c1-10-24(8,9)27(19(28)15-25-22(30)31-23(5,6)7)20(21(29)26-16(2)3)18-13-11-17(4)12-14-18/h11-14,16,20H,10,15H2,1-9H3,(H,25,30)(H,26,29). The second-order valence-electron chi connectivity index (χ2n) is 9.76. The molecule has 0 radical (unpaired) electrons. The van der Waals surface area contributed by atoms with Crippen LogP contribution >= 0.6 is 0 Å². The highest BCUT2D eigenvalue weighted by atomic mass is 16.6. The number of carbonyl (C=O) groups excluding carboxylic acids is 3. The molecule has 0 saturated carbocycles. The van der Waals surface area contributed by atoms with Crippen molar-refractivity contribution in [3.8, 4) is 0 Å². The summed E-state index contributed by atoms with van der Waals surface area (Å²) >= 11 is 0. The van der Waals surface area contributed by atoms with E-state index in [2.05, 4.69) is 10.6 Å². The molecule has 7 heteroatoms. The van der Waals surface area contributed by atoms with E-state index in [1.165, 1.54) is 0 Å². The highest BCUT2D eigenvalue weighted by molar-refractivity contribution is 5.91. The van der Waals surface area contributed by atoms with Crippen molar-refractivity contribution in [1.29, 1.82) is 0 Å². The first-order chi connectivity index (χ1) is 14.2. The molecule has 0 aromatic heterocycles. The average molecular weight is 434 g/mol. The second-order valence-corrected chi connectivity index (χ2v) is 9.76. The molecule has 1 aromatic carbocycles. The van der Waals surface area contributed by atoms with Crippen molar-refractivity contribution in [3.05, 3.63) is 35.4 Å². The zero-order valence-corrected chi connectivity index (χ0v) is 20.5. The third-order valence-corrected chi connectivity index (χ3v) is 4.90. The number of amides is 3. The predicted octanol–water partition coefficient (Wildman–Crippen LogP) is 4.10. The smallest absolute Gasteiger partial charge is 0.408 e. The summed E-state index contributed by atoms with van der Waals surface area (Å²) in [6.07, 6.45) is -0.0451. The van der Waals surface area contributed by atoms with Gasteiger partial charge in [-0.15, -0.1) is 0 Å². The highest BCUT2D eigenvalue weighted by Gasteiger charge is 2.40. The predicted molar refractivity (Wildman–Crippen MR) is 123 cm³/mol. The monoisotopic (exact) mass is 433 g/mol. The summed E-state index contributed by atoms with van der Waals surface area (Å²) in [5.74, 6) is -0.617. The molecule has 3 amide bonds. The van der Waals surface area contributed by atoms with Gasteiger partial charge in [-0.3, -0.25) is 9.59 Å². The molecule has 0 heterocycles. The fraction of sp³-hybridized carbons (Fsp3) is 0.625. The number of nitrogens with zero attached hydrogens (tertiary/aromatic N) is 1. The van der Waals surface area contributed by atoms with Crippen LogP contribution in [0.25, 0.3) is 0 Å². The van der Waals surface area contributed by atoms with Gasteiger partial charge in [-0.2, -0.15) is 0 Å². The summed E-state index contributed by atoms with van der Waals surface area (Å²) in [6.45, 7) is 16.5. The zero-order chi connectivity index (χ0) is 24.0. The van der Waals surface area contributed by atoms with E-state index in [0.29, 0.717) is 6.42 Å². The zero-order valence-electron chi connectivity index (χ0n) is 20.5. The molecule has 174 valence electrons. The van der Waals surface area contributed by atoms with E-state index in [4.69, 9.17) is 4.74 Å². The first-order valence-corrected chi connectivity index (χ1v) is 10.8. The molecule has 31 heavy (non-hydrogen) atoms. The van der Waals surface area contributed by atoms with Gasteiger partial charge in [0.1, 0.15) is 18.2 Å². The number of nitrogens with one attached hydrogen (secondary N) is 2. The van der Waals surface area contributed by atoms with E-state index in [0.717, 1.165) is 11.1 Å². The fourth-order valence-corrected chi connectivity index (χ4v) is 3.08. The summed E-state index contributed by atoms with van der Waals surface area (Å²) in [4.78, 5) is 40.3. The largest absolute Gasteiger partial charge is 0.444 e. The molecule has 1 atom stereocenters. The molecule has 0 saturated heterocycles. The van der Waals surface area contributed by atoms with Gasteiger partial charge in [-0.05, 0) is 67.4 Å². The van der Waals surface area contributed by atoms with Gasteiger partial charge in [0.2, 0.25) is 11.8 Å². The van der Waals surface area contributed by atoms with E-state index in [9.17, 15) is 14.4 Å². The minimum atomic E-state index is -0.828. The van der Waals surface area contributed by atoms with Gasteiger partial charge in [-0.25, -0.2) is 4.79 Å². The molecule has 0 aliphatic carbocycles. The van der Waals surface area contributed by atoms with Crippen LogP contribution in [-0.4, -0.2) is 46.5 Å². The molecular weight excluding hydrogens is 394 g/mol. The first kappa shape index (κ1) is 26.5. The summed E-state index contributed by atoms with van der Waals surface area (Å²) in [5.41, 5.74) is 0.482. The summed E-state index contributed by atoms with van der Waals surface area (Å²) < 4.78 is 5.24. The minimum Gasteiger partial charge on any atom is -0.444 e. The van der Waals surface area contributed by atoms with Crippen LogP contribution in [0.1, 0.15) is 79.0 Å². The Morgan fingerprint density at radius 2 is 1.58 bits per heavy atom. The van der Waals surface area contributed by atoms with Gasteiger partial charge in [0, 0.05) is 11.6 Å². The van der Waals surface area contributed by atoms with E-state index in [1.54, 1.807) is 25.7 Å². The number of benzene rings is 1. The third-order valence-electron chi connectivity index (χ3n) is 4.90. The Balaban J connectivity index is 3.31. The Kier molecular flexibility index (Phi) is 9.09. The van der Waals surface area contributed by atoms with Crippen LogP contribution in [0, 0.1) is 6.92 Å². The molecule has 1 aromatic rings. The molecule has 7 nitrogen and oxygen atoms in total. The van der Waals surface area contributed by atoms with E-state index in [-0.39, 0.29) is 24.4 Å². The van der Waals surface area contributed by atoms with Gasteiger partial charge in [-0.1, -0.05) is 36.8 Å². The second kappa shape index (κ2) is 10.6. The van der Waals surface area contributed by atoms with E-state index in [1.807, 2.05) is 65.8 Å². The van der Waals surface area contributed by atoms with Crippen LogP contribution in [0.2, 0.25) is 0 Å². The van der Waals surface area contributed by atoms with Gasteiger partial charge in [0.25, 0.3) is 0 Å². The average Bonchev–Trinajstić information content (AvgIpc) is 2.62. The number of alkyl carbamates (subject to hydrolysis) is 1. The van der Waals surface area contributed by atoms with Crippen molar-refractivity contribution in [2.75, 3.05) is 6.54 Å². The van der Waals surface area contributed by atoms with Crippen molar-refractivity contribution >= 4 is 17.9 Å². The first-order valence-electron chi connectivity index (χ1n) is 10.8. The van der Waals surface area contributed by atoms with Crippen LogP contribution in [0.5, 0.6) is 0 Å². The molecule has 0 bridgehead atoms. The molecule has 0 fully saturated rings. The molecule has 0 spiro atoms. The molecule has 0 aliphatic heterocycles. The number of hydrogen-bond acceptors (Lipinski definition) is 4. The quantitative estimate of drug-likeness (QED) is 0.646. The number of ether oxygens (including phenoxy) is 1. The van der Waals surface area contributed by atoms with Crippen molar-refractivity contribution in [2.45, 2.75) is 92.0 Å². The van der Waals surface area contributed by atoms with Crippen molar-refractivity contribution in [1.82, 2.24) is 15.5 Å². The fourth-order valence-electron chi connectivity index (χ4n) is 3.08. The normalized spacial score (nSPS) is 12.8. The number of carbonyl (C=O) groups is 3. The Hall–Kier alpha value is -2.57. The maximum atomic E-state index is 13.4. The maximum absolute atomic E-state index is 13.4. The topological polar surface area (TPSA) is 87.7 Å². The van der Waals surface area contributed by atoms with Crippen molar-refractivity contribution in [3.63, 3.8) is 0 Å². The van der Waals surface area contributed by atoms with Crippen LogP contribution in [0.4, 0.5) is 4.79 Å². The maximum Gasteiger partial charge on any atom is 0.408 e. The SMILES string of the molecule is CCC(C)(C)N(C(=O)CNC(=O)OC(C)(C)C)C(C(=O)NC(C)C)c1ccc(C)cc1. The Morgan fingerprint density at radius 3 is 2.03 bits per heavy atom. The molecule has 1 rings (SSSR count). The van der Waals surface area contributed by atoms with E-state index >= 15 is 0 Å². The lowest BCUT2D eigenvalue weighted by atomic mass is 9.92. The summed E-state index contributed by atoms with van der Waals surface area (Å²) in [5, 5.41) is 5.47. The van der Waals surface area contributed by atoms with Crippen molar-refractivity contribution < 1.29 is 19.1 Å². The Labute approximate surface area is 186 Å². The molecule has 2 N–H and O–H groups in total. The highest BCUT2D eigenvalue weighted by Crippen LogP contribution is 2.31. The van der Waals surface area contributed by atoms with Crippen LogP contribution in [0.3, 0.4) is 0 Å². The van der Waals surface area contributed by atoms with Crippen LogP contribution < -0.4 is 10.6 Å². The number of aryl methyl sites for hydroxylation is 1. The number of hydrogen-bond donors (Lipinski definition) is 2. The minimum absolute atomic E-state index is 0.0815. The van der Waals surface area contributed by atoms with Gasteiger partial charge < -0.3 is 20.3 Å². The molecule has 1 unspecified atom stereocenters. The summed E-state index contributed by atoms with van der Waals surface area (Å²) in [7, 11) is 0. The molecular formula is C24H39N3O4. The van der Waals surface area contributed by atoms with Gasteiger partial charge in [0.05, 0.1) is 0 Å². The summed E-state index contributed by atoms with van der Waals surface area (Å²) in [6, 6.07) is 6.67. The lowest BCUT2D eigenvalue weighted by Gasteiger charge is -2.43. The lowest BCUT2D eigenvalue weighted by molar-refractivity contribution is -0.147. The lowest BCUT2D eigenvalue weighted by Crippen LogP contribution is -2.56. The number of rotatable bonds is 8. The third kappa shape index (κ3) is 8.23.